The Bertz CT molecular complexity index is 463. The first-order valence-corrected chi connectivity index (χ1v) is 6.79. The van der Waals surface area contributed by atoms with Gasteiger partial charge in [0.15, 0.2) is 0 Å². The zero-order valence-corrected chi connectivity index (χ0v) is 13.0. The van der Waals surface area contributed by atoms with Crippen molar-refractivity contribution in [1.82, 2.24) is 5.32 Å². The number of amides is 1. The SMILES string of the molecule is C[C@@H](NC(=O)C(C)(C)C(C)(C)N)c1ccccc1Cl. The molecule has 0 unspecified atom stereocenters. The van der Waals surface area contributed by atoms with Gasteiger partial charge in [0.05, 0.1) is 11.5 Å². The zero-order valence-electron chi connectivity index (χ0n) is 12.3. The van der Waals surface area contributed by atoms with E-state index in [0.717, 1.165) is 5.56 Å². The van der Waals surface area contributed by atoms with Gasteiger partial charge in [-0.1, -0.05) is 29.8 Å². The summed E-state index contributed by atoms with van der Waals surface area (Å²) in [4.78, 5) is 12.4. The van der Waals surface area contributed by atoms with Gasteiger partial charge in [-0.25, -0.2) is 0 Å². The Labute approximate surface area is 120 Å². The summed E-state index contributed by atoms with van der Waals surface area (Å²) in [5.74, 6) is -0.0765. The van der Waals surface area contributed by atoms with Crippen molar-refractivity contribution in [3.63, 3.8) is 0 Å². The zero-order chi connectivity index (χ0) is 14.8. The molecule has 1 aromatic carbocycles. The van der Waals surface area contributed by atoms with Crippen molar-refractivity contribution >= 4 is 17.5 Å². The van der Waals surface area contributed by atoms with Crippen LogP contribution in [-0.4, -0.2) is 11.4 Å². The maximum Gasteiger partial charge on any atom is 0.227 e. The van der Waals surface area contributed by atoms with Crippen molar-refractivity contribution in [2.24, 2.45) is 11.1 Å². The summed E-state index contributed by atoms with van der Waals surface area (Å²) in [7, 11) is 0. The fourth-order valence-corrected chi connectivity index (χ4v) is 1.87. The minimum absolute atomic E-state index is 0.0765. The molecule has 106 valence electrons. The molecule has 0 radical (unpaired) electrons. The lowest BCUT2D eigenvalue weighted by atomic mass is 9.74. The molecule has 1 amide bonds. The first-order chi connectivity index (χ1) is 8.57. The molecule has 0 saturated heterocycles. The lowest BCUT2D eigenvalue weighted by Crippen LogP contribution is -2.55. The Morgan fingerprint density at radius 2 is 1.79 bits per heavy atom. The van der Waals surface area contributed by atoms with E-state index >= 15 is 0 Å². The van der Waals surface area contributed by atoms with Gasteiger partial charge >= 0.3 is 0 Å². The van der Waals surface area contributed by atoms with Gasteiger partial charge in [0.2, 0.25) is 5.91 Å². The maximum atomic E-state index is 12.4. The van der Waals surface area contributed by atoms with Gasteiger partial charge in [-0.15, -0.1) is 0 Å². The van der Waals surface area contributed by atoms with E-state index in [1.54, 1.807) is 0 Å². The molecule has 19 heavy (non-hydrogen) atoms. The molecule has 0 fully saturated rings. The monoisotopic (exact) mass is 282 g/mol. The molecule has 3 N–H and O–H groups in total. The van der Waals surface area contributed by atoms with E-state index in [-0.39, 0.29) is 11.9 Å². The van der Waals surface area contributed by atoms with Crippen LogP contribution >= 0.6 is 11.6 Å². The molecule has 1 rings (SSSR count). The third kappa shape index (κ3) is 3.48. The molecular formula is C15H23ClN2O. The second kappa shape index (κ2) is 5.51. The molecule has 3 nitrogen and oxygen atoms in total. The number of benzene rings is 1. The molecule has 0 aliphatic rings. The highest BCUT2D eigenvalue weighted by atomic mass is 35.5. The fraction of sp³-hybridized carbons (Fsp3) is 0.533. The van der Waals surface area contributed by atoms with Crippen molar-refractivity contribution in [2.75, 3.05) is 0 Å². The summed E-state index contributed by atoms with van der Waals surface area (Å²) >= 11 is 6.13. The summed E-state index contributed by atoms with van der Waals surface area (Å²) in [6.07, 6.45) is 0. The Morgan fingerprint density at radius 1 is 1.26 bits per heavy atom. The van der Waals surface area contributed by atoms with Gasteiger partial charge in [-0.3, -0.25) is 4.79 Å². The summed E-state index contributed by atoms with van der Waals surface area (Å²) in [5.41, 5.74) is 5.71. The molecule has 0 aliphatic heterocycles. The van der Waals surface area contributed by atoms with Crippen LogP contribution in [0.4, 0.5) is 0 Å². The average molecular weight is 283 g/mol. The summed E-state index contributed by atoms with van der Waals surface area (Å²) in [6.45, 7) is 9.32. The summed E-state index contributed by atoms with van der Waals surface area (Å²) in [5, 5.41) is 3.63. The molecule has 0 saturated carbocycles. The number of hydrogen-bond acceptors (Lipinski definition) is 2. The number of nitrogens with two attached hydrogens (primary N) is 1. The molecule has 0 spiro atoms. The van der Waals surface area contributed by atoms with E-state index in [0.29, 0.717) is 5.02 Å². The van der Waals surface area contributed by atoms with Crippen LogP contribution in [0.5, 0.6) is 0 Å². The number of hydrogen-bond donors (Lipinski definition) is 2. The third-order valence-electron chi connectivity index (χ3n) is 3.90. The van der Waals surface area contributed by atoms with Crippen molar-refractivity contribution < 1.29 is 4.79 Å². The van der Waals surface area contributed by atoms with E-state index in [9.17, 15) is 4.79 Å². The lowest BCUT2D eigenvalue weighted by Gasteiger charge is -2.37. The average Bonchev–Trinajstić information content (AvgIpc) is 2.27. The minimum Gasteiger partial charge on any atom is -0.349 e. The van der Waals surface area contributed by atoms with E-state index in [1.165, 1.54) is 0 Å². The normalized spacial score (nSPS) is 14.1. The largest absolute Gasteiger partial charge is 0.349 e. The number of carbonyl (C=O) groups excluding carboxylic acids is 1. The second-order valence-electron chi connectivity index (χ2n) is 6.06. The molecule has 0 heterocycles. The van der Waals surface area contributed by atoms with Gasteiger partial charge in [-0.2, -0.15) is 0 Å². The Kier molecular flexibility index (Phi) is 4.64. The standard InChI is InChI=1S/C15H23ClN2O/c1-10(11-8-6-7-9-12(11)16)18-13(19)14(2,3)15(4,5)17/h6-10H,17H2,1-5H3,(H,18,19)/t10-/m1/s1. The van der Waals surface area contributed by atoms with Crippen LogP contribution in [0.1, 0.15) is 46.2 Å². The number of rotatable bonds is 4. The molecule has 4 heteroatoms. The van der Waals surface area contributed by atoms with Crippen LogP contribution in [-0.2, 0) is 4.79 Å². The Hall–Kier alpha value is -1.06. The van der Waals surface area contributed by atoms with Crippen LogP contribution in [0.25, 0.3) is 0 Å². The van der Waals surface area contributed by atoms with Gasteiger partial charge < -0.3 is 11.1 Å². The number of nitrogens with one attached hydrogen (secondary N) is 1. The van der Waals surface area contributed by atoms with Gasteiger partial charge in [0, 0.05) is 10.6 Å². The Morgan fingerprint density at radius 3 is 2.26 bits per heavy atom. The predicted molar refractivity (Wildman–Crippen MR) is 80.1 cm³/mol. The van der Waals surface area contributed by atoms with Crippen LogP contribution in [0.2, 0.25) is 5.02 Å². The quantitative estimate of drug-likeness (QED) is 0.890. The van der Waals surface area contributed by atoms with Crippen LogP contribution < -0.4 is 11.1 Å². The summed E-state index contributed by atoms with van der Waals surface area (Å²) < 4.78 is 0. The number of carbonyl (C=O) groups is 1. The highest BCUT2D eigenvalue weighted by molar-refractivity contribution is 6.31. The van der Waals surface area contributed by atoms with E-state index < -0.39 is 11.0 Å². The van der Waals surface area contributed by atoms with E-state index in [1.807, 2.05) is 58.9 Å². The first kappa shape index (κ1) is 16.0. The summed E-state index contributed by atoms with van der Waals surface area (Å²) in [6, 6.07) is 7.35. The van der Waals surface area contributed by atoms with E-state index in [2.05, 4.69) is 5.32 Å². The molecule has 1 aromatic rings. The van der Waals surface area contributed by atoms with Gasteiger partial charge in [0.25, 0.3) is 0 Å². The van der Waals surface area contributed by atoms with Crippen molar-refractivity contribution in [3.05, 3.63) is 34.9 Å². The second-order valence-corrected chi connectivity index (χ2v) is 6.47. The van der Waals surface area contributed by atoms with Crippen molar-refractivity contribution in [2.45, 2.75) is 46.2 Å². The maximum absolute atomic E-state index is 12.4. The third-order valence-corrected chi connectivity index (χ3v) is 4.24. The van der Waals surface area contributed by atoms with Crippen LogP contribution in [0.15, 0.2) is 24.3 Å². The highest BCUT2D eigenvalue weighted by Gasteiger charge is 2.40. The highest BCUT2D eigenvalue weighted by Crippen LogP contribution is 2.30. The first-order valence-electron chi connectivity index (χ1n) is 6.41. The molecule has 1 atom stereocenters. The van der Waals surface area contributed by atoms with Gasteiger partial charge in [0.1, 0.15) is 0 Å². The predicted octanol–water partition coefficient (Wildman–Crippen LogP) is 3.28. The lowest BCUT2D eigenvalue weighted by molar-refractivity contribution is -0.132. The van der Waals surface area contributed by atoms with E-state index in [4.69, 9.17) is 17.3 Å². The van der Waals surface area contributed by atoms with Gasteiger partial charge in [-0.05, 0) is 46.2 Å². The van der Waals surface area contributed by atoms with Crippen LogP contribution in [0.3, 0.4) is 0 Å². The fourth-order valence-electron chi connectivity index (χ4n) is 1.57. The number of halogens is 1. The molecule has 0 bridgehead atoms. The molecule has 0 aliphatic carbocycles. The smallest absolute Gasteiger partial charge is 0.227 e. The molecule has 0 aromatic heterocycles. The van der Waals surface area contributed by atoms with Crippen molar-refractivity contribution in [3.8, 4) is 0 Å². The molecular weight excluding hydrogens is 260 g/mol. The minimum atomic E-state index is -0.664. The topological polar surface area (TPSA) is 55.1 Å². The van der Waals surface area contributed by atoms with Crippen molar-refractivity contribution in [1.29, 1.82) is 0 Å². The Balaban J connectivity index is 2.87. The van der Waals surface area contributed by atoms with Crippen LogP contribution in [0, 0.1) is 5.41 Å².